The van der Waals surface area contributed by atoms with Gasteiger partial charge in [0.1, 0.15) is 23.2 Å². The van der Waals surface area contributed by atoms with Crippen LogP contribution in [0.3, 0.4) is 0 Å². The zero-order chi connectivity index (χ0) is 19.6. The van der Waals surface area contributed by atoms with E-state index in [0.29, 0.717) is 0 Å². The van der Waals surface area contributed by atoms with Gasteiger partial charge in [-0.1, -0.05) is 6.08 Å². The molecule has 0 spiro atoms. The van der Waals surface area contributed by atoms with Crippen LogP contribution in [-0.4, -0.2) is 23.8 Å². The first kappa shape index (κ1) is 17.8. The first-order valence-electron chi connectivity index (χ1n) is 7.64. The number of urea groups is 1. The largest absolute Gasteiger partial charge is 0.463 e. The molecule has 0 bridgehead atoms. The highest BCUT2D eigenvalue weighted by molar-refractivity contribution is 6.29. The fraction of sp³-hybridized carbons (Fsp3) is 0.0556. The Balaban J connectivity index is 1.89. The van der Waals surface area contributed by atoms with Crippen LogP contribution >= 0.6 is 0 Å². The average Bonchev–Trinajstić information content (AvgIpc) is 2.58. The monoisotopic (exact) mass is 368 g/mol. The zero-order valence-corrected chi connectivity index (χ0v) is 13.9. The van der Waals surface area contributed by atoms with Crippen molar-refractivity contribution in [2.24, 2.45) is 0 Å². The van der Waals surface area contributed by atoms with Crippen LogP contribution in [0.1, 0.15) is 12.5 Å². The summed E-state index contributed by atoms with van der Waals surface area (Å²) in [6.45, 7) is 1.26. The van der Waals surface area contributed by atoms with Crippen molar-refractivity contribution in [3.05, 3.63) is 58.0 Å². The number of nitrogens with one attached hydrogen (secondary N) is 2. The lowest BCUT2D eigenvalue weighted by molar-refractivity contribution is -0.132. The molecule has 1 aliphatic heterocycles. The first-order valence-corrected chi connectivity index (χ1v) is 7.64. The van der Waals surface area contributed by atoms with E-state index in [9.17, 15) is 24.0 Å². The van der Waals surface area contributed by atoms with Gasteiger partial charge in [0, 0.05) is 13.0 Å². The van der Waals surface area contributed by atoms with Crippen molar-refractivity contribution in [3.8, 4) is 5.75 Å². The molecule has 1 aliphatic rings. The molecule has 136 valence electrons. The molecule has 0 radical (unpaired) electrons. The van der Waals surface area contributed by atoms with Crippen LogP contribution in [0.2, 0.25) is 0 Å². The van der Waals surface area contributed by atoms with Crippen LogP contribution in [-0.2, 0) is 14.4 Å². The lowest BCUT2D eigenvalue weighted by atomic mass is 10.1. The van der Waals surface area contributed by atoms with Gasteiger partial charge < -0.3 is 9.15 Å². The molecule has 2 heterocycles. The van der Waals surface area contributed by atoms with E-state index >= 15 is 0 Å². The normalized spacial score (nSPS) is 14.3. The molecule has 0 saturated carbocycles. The lowest BCUT2D eigenvalue weighted by Gasteiger charge is -2.12. The third-order valence-corrected chi connectivity index (χ3v) is 3.52. The minimum Gasteiger partial charge on any atom is -0.463 e. The van der Waals surface area contributed by atoms with Gasteiger partial charge in [-0.2, -0.15) is 0 Å². The van der Waals surface area contributed by atoms with E-state index in [1.54, 1.807) is 0 Å². The maximum absolute atomic E-state index is 12.5. The second kappa shape index (κ2) is 7.08. The fourth-order valence-electron chi connectivity index (χ4n) is 2.34. The summed E-state index contributed by atoms with van der Waals surface area (Å²) in [5.74, 6) is -1.93. The van der Waals surface area contributed by atoms with Crippen LogP contribution in [0.25, 0.3) is 17.0 Å². The lowest BCUT2D eigenvalue weighted by Crippen LogP contribution is -2.51. The van der Waals surface area contributed by atoms with Crippen molar-refractivity contribution in [2.45, 2.75) is 6.92 Å². The predicted molar refractivity (Wildman–Crippen MR) is 92.6 cm³/mol. The number of rotatable bonds is 3. The standard InChI is InChI=1S/C18H12N2O7/c1-9(21)27-11-5-6-12-14(7-11)26-8-10(15(12)22)3-2-4-13-16(23)19-18(25)20-17(13)24/h2-8H,1H3,(H2,19,20,23,24,25). The Kier molecular flexibility index (Phi) is 4.67. The van der Waals surface area contributed by atoms with Crippen molar-refractivity contribution in [2.75, 3.05) is 0 Å². The van der Waals surface area contributed by atoms with E-state index in [0.717, 1.165) is 0 Å². The molecule has 0 atom stereocenters. The third kappa shape index (κ3) is 3.82. The molecular weight excluding hydrogens is 356 g/mol. The Morgan fingerprint density at radius 2 is 1.81 bits per heavy atom. The highest BCUT2D eigenvalue weighted by Gasteiger charge is 2.26. The summed E-state index contributed by atoms with van der Waals surface area (Å²) in [6, 6.07) is 3.45. The molecule has 9 nitrogen and oxygen atoms in total. The number of imide groups is 2. The minimum absolute atomic E-state index is 0.173. The minimum atomic E-state index is -0.894. The summed E-state index contributed by atoms with van der Waals surface area (Å²) in [5, 5.41) is 4.13. The summed E-state index contributed by atoms with van der Waals surface area (Å²) in [5.41, 5.74) is -0.221. The third-order valence-electron chi connectivity index (χ3n) is 3.52. The number of amides is 4. The molecule has 27 heavy (non-hydrogen) atoms. The number of barbiturate groups is 1. The van der Waals surface area contributed by atoms with Gasteiger partial charge in [0.05, 0.1) is 10.9 Å². The molecule has 4 amide bonds. The summed E-state index contributed by atoms with van der Waals surface area (Å²) >= 11 is 0. The quantitative estimate of drug-likeness (QED) is 0.358. The van der Waals surface area contributed by atoms with Crippen LogP contribution in [0.15, 0.2) is 51.4 Å². The van der Waals surface area contributed by atoms with Gasteiger partial charge in [0.2, 0.25) is 0 Å². The SMILES string of the molecule is CC(=O)Oc1ccc2c(=O)c(C=CC=C3C(=O)NC(=O)NC3=O)coc2c1. The fourth-order valence-corrected chi connectivity index (χ4v) is 2.34. The highest BCUT2D eigenvalue weighted by atomic mass is 16.5. The molecule has 0 unspecified atom stereocenters. The molecule has 3 rings (SSSR count). The summed E-state index contributed by atoms with van der Waals surface area (Å²) < 4.78 is 10.3. The number of hydrogen-bond donors (Lipinski definition) is 2. The van der Waals surface area contributed by atoms with Gasteiger partial charge in [-0.3, -0.25) is 29.8 Å². The van der Waals surface area contributed by atoms with Crippen molar-refractivity contribution in [1.29, 1.82) is 0 Å². The Bertz CT molecular complexity index is 1090. The maximum Gasteiger partial charge on any atom is 0.328 e. The summed E-state index contributed by atoms with van der Waals surface area (Å²) in [6.07, 6.45) is 5.04. The van der Waals surface area contributed by atoms with Gasteiger partial charge in [-0.05, 0) is 24.3 Å². The number of carbonyl (C=O) groups is 4. The number of hydrogen-bond acceptors (Lipinski definition) is 7. The van der Waals surface area contributed by atoms with Crippen LogP contribution in [0.4, 0.5) is 4.79 Å². The van der Waals surface area contributed by atoms with Crippen molar-refractivity contribution in [1.82, 2.24) is 10.6 Å². The second-order valence-corrected chi connectivity index (χ2v) is 5.45. The Morgan fingerprint density at radius 3 is 2.48 bits per heavy atom. The molecular formula is C18H12N2O7. The molecule has 1 aromatic heterocycles. The molecule has 2 aromatic rings. The van der Waals surface area contributed by atoms with E-state index in [2.05, 4.69) is 0 Å². The van der Waals surface area contributed by atoms with Gasteiger partial charge in [-0.15, -0.1) is 0 Å². The van der Waals surface area contributed by atoms with E-state index < -0.39 is 23.8 Å². The molecule has 1 fully saturated rings. The van der Waals surface area contributed by atoms with E-state index in [4.69, 9.17) is 9.15 Å². The van der Waals surface area contributed by atoms with Crippen molar-refractivity contribution >= 4 is 40.9 Å². The Morgan fingerprint density at radius 1 is 1.11 bits per heavy atom. The van der Waals surface area contributed by atoms with Gasteiger partial charge in [-0.25, -0.2) is 4.79 Å². The van der Waals surface area contributed by atoms with Gasteiger partial charge >= 0.3 is 12.0 Å². The second-order valence-electron chi connectivity index (χ2n) is 5.45. The number of allylic oxidation sites excluding steroid dienone is 2. The number of ether oxygens (including phenoxy) is 1. The zero-order valence-electron chi connectivity index (χ0n) is 13.9. The average molecular weight is 368 g/mol. The van der Waals surface area contributed by atoms with Crippen molar-refractivity contribution < 1.29 is 28.3 Å². The van der Waals surface area contributed by atoms with Crippen LogP contribution in [0, 0.1) is 0 Å². The topological polar surface area (TPSA) is 132 Å². The first-order chi connectivity index (χ1) is 12.8. The van der Waals surface area contributed by atoms with Gasteiger partial charge in [0.15, 0.2) is 5.43 Å². The van der Waals surface area contributed by atoms with Crippen molar-refractivity contribution in [3.63, 3.8) is 0 Å². The number of benzene rings is 1. The molecule has 9 heteroatoms. The number of carbonyl (C=O) groups excluding carboxylic acids is 4. The summed E-state index contributed by atoms with van der Waals surface area (Å²) in [4.78, 5) is 57.6. The smallest absolute Gasteiger partial charge is 0.328 e. The van der Waals surface area contributed by atoms with E-state index in [-0.39, 0.29) is 33.3 Å². The molecule has 1 saturated heterocycles. The van der Waals surface area contributed by atoms with E-state index in [1.165, 1.54) is 49.6 Å². The maximum atomic E-state index is 12.5. The predicted octanol–water partition coefficient (Wildman–Crippen LogP) is 1.02. The molecule has 1 aromatic carbocycles. The van der Waals surface area contributed by atoms with Gasteiger partial charge in [0.25, 0.3) is 11.8 Å². The van der Waals surface area contributed by atoms with Crippen LogP contribution in [0.5, 0.6) is 5.75 Å². The van der Waals surface area contributed by atoms with Crippen LogP contribution < -0.4 is 20.8 Å². The molecule has 0 aliphatic carbocycles. The summed E-state index contributed by atoms with van der Waals surface area (Å²) in [7, 11) is 0. The number of esters is 1. The molecule has 2 N–H and O–H groups in total. The Hall–Kier alpha value is -4.01. The highest BCUT2D eigenvalue weighted by Crippen LogP contribution is 2.19. The van der Waals surface area contributed by atoms with E-state index in [1.807, 2.05) is 10.6 Å². The Labute approximate surface area is 151 Å². The number of fused-ring (bicyclic) bond motifs is 1.